The van der Waals surface area contributed by atoms with Crippen LogP contribution in [0.4, 0.5) is 0 Å². The third-order valence-electron chi connectivity index (χ3n) is 7.58. The molecule has 0 saturated carbocycles. The summed E-state index contributed by atoms with van der Waals surface area (Å²) in [6, 6.07) is 41.1. The van der Waals surface area contributed by atoms with Gasteiger partial charge in [-0.3, -0.25) is 15.0 Å². The van der Waals surface area contributed by atoms with Crippen LogP contribution in [0.15, 0.2) is 140 Å². The van der Waals surface area contributed by atoms with Crippen LogP contribution < -0.4 is 0 Å². The molecule has 196 valence electrons. The van der Waals surface area contributed by atoms with Crippen LogP contribution in [0.25, 0.3) is 77.7 Å². The molecule has 0 bridgehead atoms. The van der Waals surface area contributed by atoms with Crippen LogP contribution in [0, 0.1) is 0 Å². The lowest BCUT2D eigenvalue weighted by Gasteiger charge is -2.14. The topological polar surface area (TPSA) is 64.5 Å². The Labute approximate surface area is 242 Å². The first-order chi connectivity index (χ1) is 20.8. The Bertz CT molecular complexity index is 2190. The average Bonchev–Trinajstić information content (AvgIpc) is 3.08. The number of pyridine rings is 5. The first kappa shape index (κ1) is 24.0. The number of para-hydroxylation sites is 1. The zero-order chi connectivity index (χ0) is 27.9. The number of rotatable bonds is 4. The Morgan fingerprint density at radius 1 is 0.381 bits per heavy atom. The van der Waals surface area contributed by atoms with Gasteiger partial charge in [0.25, 0.3) is 0 Å². The molecule has 3 aromatic carbocycles. The van der Waals surface area contributed by atoms with E-state index >= 15 is 0 Å². The highest BCUT2D eigenvalue weighted by molar-refractivity contribution is 6.15. The van der Waals surface area contributed by atoms with Crippen molar-refractivity contribution in [3.05, 3.63) is 140 Å². The van der Waals surface area contributed by atoms with Crippen molar-refractivity contribution in [2.45, 2.75) is 0 Å². The lowest BCUT2D eigenvalue weighted by Crippen LogP contribution is -1.95. The normalized spacial score (nSPS) is 11.3. The monoisotopic (exact) mass is 537 g/mol. The van der Waals surface area contributed by atoms with E-state index in [1.807, 2.05) is 67.1 Å². The van der Waals surface area contributed by atoms with Crippen LogP contribution >= 0.6 is 0 Å². The Morgan fingerprint density at radius 2 is 1.02 bits per heavy atom. The Morgan fingerprint density at radius 3 is 1.76 bits per heavy atom. The van der Waals surface area contributed by atoms with Crippen molar-refractivity contribution in [1.82, 2.24) is 24.9 Å². The van der Waals surface area contributed by atoms with Gasteiger partial charge in [0.15, 0.2) is 0 Å². The van der Waals surface area contributed by atoms with Crippen LogP contribution in [-0.2, 0) is 0 Å². The van der Waals surface area contributed by atoms with Crippen molar-refractivity contribution < 1.29 is 0 Å². The van der Waals surface area contributed by atoms with E-state index in [9.17, 15) is 0 Å². The number of benzene rings is 3. The van der Waals surface area contributed by atoms with Crippen LogP contribution in [0.3, 0.4) is 0 Å². The number of aromatic nitrogens is 5. The summed E-state index contributed by atoms with van der Waals surface area (Å²) >= 11 is 0. The molecule has 8 rings (SSSR count). The fraction of sp³-hybridized carbons (Fsp3) is 0. The van der Waals surface area contributed by atoms with E-state index in [1.165, 1.54) is 0 Å². The first-order valence-corrected chi connectivity index (χ1v) is 13.8. The molecule has 0 atom stereocenters. The Hall–Kier alpha value is -5.81. The number of nitrogens with zero attached hydrogens (tertiary/aromatic N) is 5. The summed E-state index contributed by atoms with van der Waals surface area (Å²) in [5.41, 5.74) is 10.3. The number of hydrogen-bond donors (Lipinski definition) is 0. The van der Waals surface area contributed by atoms with Gasteiger partial charge in [-0.2, -0.15) is 0 Å². The molecule has 42 heavy (non-hydrogen) atoms. The van der Waals surface area contributed by atoms with Gasteiger partial charge in [-0.1, -0.05) is 54.6 Å². The second-order valence-electron chi connectivity index (χ2n) is 10.2. The summed E-state index contributed by atoms with van der Waals surface area (Å²) in [5.74, 6) is 0. The highest BCUT2D eigenvalue weighted by Crippen LogP contribution is 2.38. The number of hydrogen-bond acceptors (Lipinski definition) is 5. The Balaban J connectivity index is 1.37. The minimum absolute atomic E-state index is 0.871. The molecule has 5 heteroatoms. The minimum Gasteiger partial charge on any atom is -0.256 e. The van der Waals surface area contributed by atoms with Crippen molar-refractivity contribution in [3.63, 3.8) is 0 Å². The lowest BCUT2D eigenvalue weighted by atomic mass is 9.96. The summed E-state index contributed by atoms with van der Waals surface area (Å²) in [5, 5.41) is 3.15. The Kier molecular flexibility index (Phi) is 5.71. The second-order valence-corrected chi connectivity index (χ2v) is 10.2. The summed E-state index contributed by atoms with van der Waals surface area (Å²) in [6.45, 7) is 0. The van der Waals surface area contributed by atoms with E-state index < -0.39 is 0 Å². The van der Waals surface area contributed by atoms with Crippen molar-refractivity contribution in [3.8, 4) is 45.0 Å². The summed E-state index contributed by atoms with van der Waals surface area (Å²) < 4.78 is 0. The molecule has 0 spiro atoms. The quantitative estimate of drug-likeness (QED) is 0.166. The smallest absolute Gasteiger partial charge is 0.0979 e. The van der Waals surface area contributed by atoms with Gasteiger partial charge in [0.05, 0.1) is 39.3 Å². The zero-order valence-corrected chi connectivity index (χ0v) is 22.5. The molecule has 0 aliphatic rings. The van der Waals surface area contributed by atoms with Crippen molar-refractivity contribution in [2.75, 3.05) is 0 Å². The van der Waals surface area contributed by atoms with Gasteiger partial charge in [0.1, 0.15) is 0 Å². The summed E-state index contributed by atoms with van der Waals surface area (Å²) in [7, 11) is 0. The van der Waals surface area contributed by atoms with Gasteiger partial charge < -0.3 is 0 Å². The van der Waals surface area contributed by atoms with E-state index in [0.717, 1.165) is 77.7 Å². The van der Waals surface area contributed by atoms with Crippen LogP contribution in [-0.4, -0.2) is 24.9 Å². The lowest BCUT2D eigenvalue weighted by molar-refractivity contribution is 1.30. The molecule has 0 N–H and O–H groups in total. The maximum atomic E-state index is 5.27. The predicted octanol–water partition coefficient (Wildman–Crippen LogP) is 8.79. The fourth-order valence-electron chi connectivity index (χ4n) is 5.64. The first-order valence-electron chi connectivity index (χ1n) is 13.8. The molecule has 5 heterocycles. The molecular formula is C37H23N5. The summed E-state index contributed by atoms with van der Waals surface area (Å²) in [4.78, 5) is 24.3. The van der Waals surface area contributed by atoms with Gasteiger partial charge >= 0.3 is 0 Å². The van der Waals surface area contributed by atoms with E-state index in [0.29, 0.717) is 0 Å². The molecule has 0 saturated heterocycles. The standard InChI is InChI=1S/C37H23N5/c1-2-13-33-28(10-1)35(29-17-16-24-9-8-20-40-36(24)37(29)42-33)34-15-7-14-32(41-34)27-22-25(30-11-3-5-18-38-30)21-26(23-27)31-12-4-6-19-39-31/h1-23H. The molecular weight excluding hydrogens is 514 g/mol. The van der Waals surface area contributed by atoms with Gasteiger partial charge in [0.2, 0.25) is 0 Å². The minimum atomic E-state index is 0.871. The highest BCUT2D eigenvalue weighted by atomic mass is 14.8. The molecule has 0 aliphatic heterocycles. The fourth-order valence-corrected chi connectivity index (χ4v) is 5.64. The summed E-state index contributed by atoms with van der Waals surface area (Å²) in [6.07, 6.45) is 5.46. The van der Waals surface area contributed by atoms with E-state index in [4.69, 9.17) is 15.0 Å². The molecule has 0 radical (unpaired) electrons. The molecule has 5 aromatic heterocycles. The van der Waals surface area contributed by atoms with Crippen molar-refractivity contribution in [1.29, 1.82) is 0 Å². The van der Waals surface area contributed by atoms with Crippen LogP contribution in [0.5, 0.6) is 0 Å². The average molecular weight is 538 g/mol. The van der Waals surface area contributed by atoms with Gasteiger partial charge in [-0.15, -0.1) is 0 Å². The SMILES string of the molecule is c1ccc(-c2cc(-c3ccccn3)cc(-c3cccc(-c4c5ccccc5nc5c4ccc4cccnc45)n3)c2)nc1. The maximum Gasteiger partial charge on any atom is 0.0979 e. The molecule has 0 fully saturated rings. The van der Waals surface area contributed by atoms with Gasteiger partial charge in [0, 0.05) is 57.0 Å². The molecule has 5 nitrogen and oxygen atoms in total. The second kappa shape index (κ2) is 9.98. The van der Waals surface area contributed by atoms with E-state index in [-0.39, 0.29) is 0 Å². The maximum absolute atomic E-state index is 5.27. The largest absolute Gasteiger partial charge is 0.256 e. The highest BCUT2D eigenvalue weighted by Gasteiger charge is 2.16. The van der Waals surface area contributed by atoms with E-state index in [2.05, 4.69) is 82.8 Å². The molecule has 0 amide bonds. The van der Waals surface area contributed by atoms with Crippen LogP contribution in [0.1, 0.15) is 0 Å². The van der Waals surface area contributed by atoms with Crippen LogP contribution in [0.2, 0.25) is 0 Å². The molecule has 8 aromatic rings. The number of fused-ring (bicyclic) bond motifs is 4. The van der Waals surface area contributed by atoms with Crippen molar-refractivity contribution >= 4 is 32.7 Å². The third kappa shape index (κ3) is 4.16. The van der Waals surface area contributed by atoms with Gasteiger partial charge in [-0.05, 0) is 66.7 Å². The molecule has 0 aliphatic carbocycles. The zero-order valence-electron chi connectivity index (χ0n) is 22.5. The third-order valence-corrected chi connectivity index (χ3v) is 7.58. The van der Waals surface area contributed by atoms with E-state index in [1.54, 1.807) is 0 Å². The predicted molar refractivity (Wildman–Crippen MR) is 170 cm³/mol. The van der Waals surface area contributed by atoms with Crippen molar-refractivity contribution in [2.24, 2.45) is 0 Å². The van der Waals surface area contributed by atoms with Gasteiger partial charge in [-0.25, -0.2) is 9.97 Å². The molecule has 0 unspecified atom stereocenters.